The van der Waals surface area contributed by atoms with Crippen LogP contribution in [0.25, 0.3) is 0 Å². The average molecular weight is 248 g/mol. The van der Waals surface area contributed by atoms with Gasteiger partial charge in [-0.05, 0) is 0 Å². The van der Waals surface area contributed by atoms with Gasteiger partial charge in [0.1, 0.15) is 6.61 Å². The van der Waals surface area contributed by atoms with Gasteiger partial charge < -0.3 is 4.74 Å². The van der Waals surface area contributed by atoms with Crippen molar-refractivity contribution in [2.75, 3.05) is 18.1 Å². The van der Waals surface area contributed by atoms with E-state index in [-0.39, 0.29) is 0 Å². The molecule has 0 aromatic heterocycles. The molecule has 0 saturated heterocycles. The topological polar surface area (TPSA) is 60.4 Å². The van der Waals surface area contributed by atoms with Crippen molar-refractivity contribution in [2.24, 2.45) is 0 Å². The first-order valence-electron chi connectivity index (χ1n) is 4.03. The van der Waals surface area contributed by atoms with Gasteiger partial charge in [-0.15, -0.1) is 0 Å². The fourth-order valence-corrected chi connectivity index (χ4v) is 1.77. The highest BCUT2D eigenvalue weighted by Gasteiger charge is 2.29. The molecule has 15 heavy (non-hydrogen) atoms. The van der Waals surface area contributed by atoms with Crippen molar-refractivity contribution in [3.63, 3.8) is 0 Å². The van der Waals surface area contributed by atoms with Gasteiger partial charge in [0.2, 0.25) is 0 Å². The number of halogens is 3. The van der Waals surface area contributed by atoms with Crippen LogP contribution in [0.2, 0.25) is 0 Å². The molecule has 90 valence electrons. The molecule has 0 aliphatic heterocycles. The summed E-state index contributed by atoms with van der Waals surface area (Å²) in [6, 6.07) is 0. The first-order valence-corrected chi connectivity index (χ1v) is 5.85. The summed E-state index contributed by atoms with van der Waals surface area (Å²) < 4.78 is 61.3. The van der Waals surface area contributed by atoms with E-state index in [1.54, 1.807) is 0 Å². The Labute approximate surface area is 85.3 Å². The highest BCUT2D eigenvalue weighted by atomic mass is 32.2. The molecule has 0 rings (SSSR count). The molecular formula is C7H11F3O4S. The van der Waals surface area contributed by atoms with Crippen LogP contribution in [0, 0.1) is 0 Å². The molecule has 0 amide bonds. The van der Waals surface area contributed by atoms with Gasteiger partial charge in [0.15, 0.2) is 9.84 Å². The lowest BCUT2D eigenvalue weighted by atomic mass is 10.5. The van der Waals surface area contributed by atoms with Gasteiger partial charge in [-0.3, -0.25) is 4.79 Å². The van der Waals surface area contributed by atoms with Crippen molar-refractivity contribution in [3.05, 3.63) is 0 Å². The van der Waals surface area contributed by atoms with Crippen LogP contribution in [0.5, 0.6) is 0 Å². The van der Waals surface area contributed by atoms with Crippen molar-refractivity contribution in [1.82, 2.24) is 0 Å². The zero-order valence-electron chi connectivity index (χ0n) is 8.00. The van der Waals surface area contributed by atoms with Crippen LogP contribution in [-0.4, -0.2) is 38.7 Å². The monoisotopic (exact) mass is 248 g/mol. The fourth-order valence-electron chi connectivity index (χ4n) is 0.686. The molecular weight excluding hydrogens is 237 g/mol. The number of alkyl halides is 3. The Morgan fingerprint density at radius 1 is 1.27 bits per heavy atom. The Kier molecular flexibility index (Phi) is 5.06. The third-order valence-electron chi connectivity index (χ3n) is 1.40. The second kappa shape index (κ2) is 5.34. The van der Waals surface area contributed by atoms with Crippen LogP contribution in [0.4, 0.5) is 13.2 Å². The Morgan fingerprint density at radius 3 is 2.20 bits per heavy atom. The summed E-state index contributed by atoms with van der Waals surface area (Å²) in [6.07, 6.45) is -5.87. The third-order valence-corrected chi connectivity index (χ3v) is 3.01. The van der Waals surface area contributed by atoms with Gasteiger partial charge in [-0.25, -0.2) is 8.42 Å². The second-order valence-electron chi connectivity index (χ2n) is 2.86. The highest BCUT2D eigenvalue weighted by Crippen LogP contribution is 2.20. The molecule has 8 heteroatoms. The molecule has 0 radical (unpaired) electrons. The summed E-state index contributed by atoms with van der Waals surface area (Å²) in [7, 11) is -3.81. The maximum Gasteiger partial charge on any atom is 0.390 e. The summed E-state index contributed by atoms with van der Waals surface area (Å²) in [5.74, 6) is -2.22. The van der Waals surface area contributed by atoms with E-state index >= 15 is 0 Å². The van der Waals surface area contributed by atoms with Crippen LogP contribution in [0.3, 0.4) is 0 Å². The zero-order chi connectivity index (χ0) is 12.1. The van der Waals surface area contributed by atoms with E-state index in [0.29, 0.717) is 0 Å². The lowest BCUT2D eigenvalue weighted by molar-refractivity contribution is -0.140. The molecule has 0 aliphatic rings. The Balaban J connectivity index is 3.94. The van der Waals surface area contributed by atoms with E-state index in [0.717, 1.165) is 6.92 Å². The fraction of sp³-hybridized carbons (Fsp3) is 0.857. The normalized spacial score (nSPS) is 12.5. The van der Waals surface area contributed by atoms with Gasteiger partial charge in [0.25, 0.3) is 0 Å². The number of carbonyl (C=O) groups excluding carboxylic acids is 1. The van der Waals surface area contributed by atoms with Crippen LogP contribution < -0.4 is 0 Å². The van der Waals surface area contributed by atoms with E-state index in [4.69, 9.17) is 0 Å². The third kappa shape index (κ3) is 9.51. The predicted octanol–water partition coefficient (Wildman–Crippen LogP) is 0.917. The number of hydrogen-bond donors (Lipinski definition) is 0. The molecule has 0 spiro atoms. The van der Waals surface area contributed by atoms with E-state index in [2.05, 4.69) is 4.74 Å². The van der Waals surface area contributed by atoms with Crippen molar-refractivity contribution < 1.29 is 31.1 Å². The maximum absolute atomic E-state index is 11.7. The number of ether oxygens (including phenoxy) is 1. The van der Waals surface area contributed by atoms with Crippen molar-refractivity contribution in [2.45, 2.75) is 19.5 Å². The molecule has 0 atom stereocenters. The van der Waals surface area contributed by atoms with Gasteiger partial charge in [0, 0.05) is 6.92 Å². The SMILES string of the molecule is CC(=O)OCCS(=O)(=O)CCC(F)(F)F. The smallest absolute Gasteiger partial charge is 0.390 e. The quantitative estimate of drug-likeness (QED) is 0.679. The minimum Gasteiger partial charge on any atom is -0.465 e. The molecule has 0 aromatic carbocycles. The van der Waals surface area contributed by atoms with Crippen molar-refractivity contribution >= 4 is 15.8 Å². The molecule has 0 saturated carbocycles. The largest absolute Gasteiger partial charge is 0.465 e. The number of rotatable bonds is 5. The first kappa shape index (κ1) is 14.2. The van der Waals surface area contributed by atoms with Gasteiger partial charge in [-0.1, -0.05) is 0 Å². The molecule has 0 bridgehead atoms. The highest BCUT2D eigenvalue weighted by molar-refractivity contribution is 7.91. The molecule has 0 aromatic rings. The molecule has 4 nitrogen and oxygen atoms in total. The van der Waals surface area contributed by atoms with Crippen LogP contribution >= 0.6 is 0 Å². The zero-order valence-corrected chi connectivity index (χ0v) is 8.82. The number of carbonyl (C=O) groups is 1. The molecule has 0 heterocycles. The standard InChI is InChI=1S/C7H11F3O4S/c1-6(11)14-3-5-15(12,13)4-2-7(8,9)10/h2-5H2,1H3. The average Bonchev–Trinajstić information content (AvgIpc) is 1.99. The summed E-state index contributed by atoms with van der Waals surface area (Å²) in [5, 5.41) is 0. The lowest BCUT2D eigenvalue weighted by Gasteiger charge is -2.07. The van der Waals surface area contributed by atoms with Gasteiger partial charge in [-0.2, -0.15) is 13.2 Å². The van der Waals surface area contributed by atoms with Crippen LogP contribution in [-0.2, 0) is 19.4 Å². The Bertz CT molecular complexity index is 307. The maximum atomic E-state index is 11.7. The summed E-state index contributed by atoms with van der Waals surface area (Å²) in [5.41, 5.74) is 0. The second-order valence-corrected chi connectivity index (χ2v) is 5.16. The molecule has 0 N–H and O–H groups in total. The first-order chi connectivity index (χ1) is 6.62. The van der Waals surface area contributed by atoms with Gasteiger partial charge in [0.05, 0.1) is 17.9 Å². The Hall–Kier alpha value is -0.790. The van der Waals surface area contributed by atoms with Crippen molar-refractivity contribution in [3.8, 4) is 0 Å². The number of hydrogen-bond acceptors (Lipinski definition) is 4. The van der Waals surface area contributed by atoms with E-state index in [9.17, 15) is 26.4 Å². The van der Waals surface area contributed by atoms with E-state index < -0.39 is 46.5 Å². The van der Waals surface area contributed by atoms with Gasteiger partial charge >= 0.3 is 12.1 Å². The summed E-state index contributed by atoms with van der Waals surface area (Å²) in [6.45, 7) is 0.678. The number of sulfone groups is 1. The number of esters is 1. The summed E-state index contributed by atoms with van der Waals surface area (Å²) in [4.78, 5) is 10.2. The minimum atomic E-state index is -4.49. The van der Waals surface area contributed by atoms with E-state index in [1.165, 1.54) is 0 Å². The summed E-state index contributed by atoms with van der Waals surface area (Å²) >= 11 is 0. The van der Waals surface area contributed by atoms with E-state index in [1.807, 2.05) is 0 Å². The van der Waals surface area contributed by atoms with Crippen LogP contribution in [0.15, 0.2) is 0 Å². The minimum absolute atomic E-state index is 0.407. The predicted molar refractivity (Wildman–Crippen MR) is 46.0 cm³/mol. The molecule has 0 unspecified atom stereocenters. The molecule has 0 aliphatic carbocycles. The Morgan fingerprint density at radius 2 is 1.80 bits per heavy atom. The lowest BCUT2D eigenvalue weighted by Crippen LogP contribution is -2.21. The van der Waals surface area contributed by atoms with Crippen molar-refractivity contribution in [1.29, 1.82) is 0 Å². The van der Waals surface area contributed by atoms with Crippen LogP contribution in [0.1, 0.15) is 13.3 Å². The molecule has 0 fully saturated rings.